The average molecular weight is 258 g/mol. The lowest BCUT2D eigenvalue weighted by atomic mass is 10.2. The van der Waals surface area contributed by atoms with Crippen molar-refractivity contribution in [2.24, 2.45) is 0 Å². The number of aromatic nitrogens is 1. The minimum absolute atomic E-state index is 0.121. The van der Waals surface area contributed by atoms with Gasteiger partial charge < -0.3 is 9.84 Å². The van der Waals surface area contributed by atoms with Crippen LogP contribution in [0.15, 0.2) is 12.1 Å². The van der Waals surface area contributed by atoms with Gasteiger partial charge in [-0.1, -0.05) is 37.8 Å². The topological polar surface area (TPSA) is 59.4 Å². The van der Waals surface area contributed by atoms with Gasteiger partial charge in [-0.15, -0.1) is 0 Å². The second kappa shape index (κ2) is 7.12. The summed E-state index contributed by atoms with van der Waals surface area (Å²) in [5.41, 5.74) is -0.169. The summed E-state index contributed by atoms with van der Waals surface area (Å²) in [5, 5.41) is 8.95. The predicted octanol–water partition coefficient (Wildman–Crippen LogP) is 3.39. The number of hydrogen-bond acceptors (Lipinski definition) is 3. The van der Waals surface area contributed by atoms with Gasteiger partial charge in [0.05, 0.1) is 11.6 Å². The Kier molecular flexibility index (Phi) is 5.77. The standard InChI is InChI=1S/C12H16ClNO3/c1-2-3-4-5-8-17-10-7-6-9(13)11(14-10)12(15)16/h6-7H,2-5,8H2,1H3,(H,15,16). The minimum atomic E-state index is -1.15. The lowest BCUT2D eigenvalue weighted by molar-refractivity contribution is 0.0689. The van der Waals surface area contributed by atoms with Crippen molar-refractivity contribution in [3.63, 3.8) is 0 Å². The fourth-order valence-electron chi connectivity index (χ4n) is 1.36. The van der Waals surface area contributed by atoms with Gasteiger partial charge in [-0.05, 0) is 12.5 Å². The van der Waals surface area contributed by atoms with Gasteiger partial charge in [0.2, 0.25) is 5.88 Å². The monoisotopic (exact) mass is 257 g/mol. The quantitative estimate of drug-likeness (QED) is 0.761. The van der Waals surface area contributed by atoms with Gasteiger partial charge in [0, 0.05) is 6.07 Å². The van der Waals surface area contributed by atoms with E-state index >= 15 is 0 Å². The van der Waals surface area contributed by atoms with Crippen LogP contribution in [-0.4, -0.2) is 22.7 Å². The Morgan fingerprint density at radius 2 is 2.18 bits per heavy atom. The van der Waals surface area contributed by atoms with Gasteiger partial charge in [-0.25, -0.2) is 9.78 Å². The molecule has 0 aliphatic carbocycles. The van der Waals surface area contributed by atoms with Crippen molar-refractivity contribution in [3.05, 3.63) is 22.8 Å². The maximum atomic E-state index is 10.8. The smallest absolute Gasteiger partial charge is 0.356 e. The number of pyridine rings is 1. The molecule has 0 bridgehead atoms. The van der Waals surface area contributed by atoms with E-state index in [0.717, 1.165) is 12.8 Å². The summed E-state index contributed by atoms with van der Waals surface area (Å²) in [4.78, 5) is 14.6. The van der Waals surface area contributed by atoms with Crippen LogP contribution in [0.1, 0.15) is 43.1 Å². The first-order valence-corrected chi connectivity index (χ1v) is 6.05. The molecule has 0 fully saturated rings. The number of carbonyl (C=O) groups is 1. The van der Waals surface area contributed by atoms with E-state index < -0.39 is 5.97 Å². The number of rotatable bonds is 7. The predicted molar refractivity (Wildman–Crippen MR) is 65.8 cm³/mol. The van der Waals surface area contributed by atoms with Crippen LogP contribution in [0.25, 0.3) is 0 Å². The third-order valence-electron chi connectivity index (χ3n) is 2.27. The Hall–Kier alpha value is -1.29. The summed E-state index contributed by atoms with van der Waals surface area (Å²) in [5.74, 6) is -0.838. The zero-order valence-corrected chi connectivity index (χ0v) is 10.5. The number of halogens is 1. The number of aromatic carboxylic acids is 1. The van der Waals surface area contributed by atoms with Crippen LogP contribution < -0.4 is 4.74 Å². The van der Waals surface area contributed by atoms with Crippen LogP contribution >= 0.6 is 11.6 Å². The van der Waals surface area contributed by atoms with Gasteiger partial charge in [-0.3, -0.25) is 0 Å². The molecule has 1 N–H and O–H groups in total. The molecule has 0 amide bonds. The fourth-order valence-corrected chi connectivity index (χ4v) is 1.55. The molecule has 1 aromatic rings. The largest absolute Gasteiger partial charge is 0.478 e. The lowest BCUT2D eigenvalue weighted by Gasteiger charge is -2.06. The van der Waals surface area contributed by atoms with Gasteiger partial charge in [0.25, 0.3) is 0 Å². The van der Waals surface area contributed by atoms with E-state index in [2.05, 4.69) is 11.9 Å². The summed E-state index contributed by atoms with van der Waals surface area (Å²) >= 11 is 5.69. The Labute approximate surface area is 106 Å². The van der Waals surface area contributed by atoms with Gasteiger partial charge in [0.15, 0.2) is 5.69 Å². The van der Waals surface area contributed by atoms with Crippen molar-refractivity contribution in [3.8, 4) is 5.88 Å². The molecule has 17 heavy (non-hydrogen) atoms. The Morgan fingerprint density at radius 1 is 1.41 bits per heavy atom. The molecule has 1 rings (SSSR count). The molecule has 1 heterocycles. The van der Waals surface area contributed by atoms with Gasteiger partial charge in [0.1, 0.15) is 0 Å². The van der Waals surface area contributed by atoms with Crippen molar-refractivity contribution < 1.29 is 14.6 Å². The summed E-state index contributed by atoms with van der Waals surface area (Å²) < 4.78 is 5.37. The minimum Gasteiger partial charge on any atom is -0.478 e. The lowest BCUT2D eigenvalue weighted by Crippen LogP contribution is -2.05. The van der Waals surface area contributed by atoms with Crippen molar-refractivity contribution >= 4 is 17.6 Å². The zero-order valence-electron chi connectivity index (χ0n) is 9.78. The summed E-state index contributed by atoms with van der Waals surface area (Å²) in [6, 6.07) is 3.06. The zero-order chi connectivity index (χ0) is 12.7. The third kappa shape index (κ3) is 4.61. The van der Waals surface area contributed by atoms with Crippen LogP contribution in [0.2, 0.25) is 5.02 Å². The van der Waals surface area contributed by atoms with Crippen LogP contribution in [0.3, 0.4) is 0 Å². The molecule has 4 nitrogen and oxygen atoms in total. The molecule has 94 valence electrons. The van der Waals surface area contributed by atoms with E-state index in [-0.39, 0.29) is 10.7 Å². The van der Waals surface area contributed by atoms with Crippen LogP contribution in [0, 0.1) is 0 Å². The molecule has 0 aliphatic heterocycles. The van der Waals surface area contributed by atoms with Crippen LogP contribution in [-0.2, 0) is 0 Å². The van der Waals surface area contributed by atoms with Crippen LogP contribution in [0.4, 0.5) is 0 Å². The molecule has 0 saturated heterocycles. The van der Waals surface area contributed by atoms with Crippen LogP contribution in [0.5, 0.6) is 5.88 Å². The van der Waals surface area contributed by atoms with E-state index in [1.54, 1.807) is 6.07 Å². The second-order valence-corrected chi connectivity index (χ2v) is 4.10. The van der Waals surface area contributed by atoms with Gasteiger partial charge >= 0.3 is 5.97 Å². The maximum absolute atomic E-state index is 10.8. The number of hydrogen-bond donors (Lipinski definition) is 1. The summed E-state index contributed by atoms with van der Waals surface area (Å²) in [7, 11) is 0. The Morgan fingerprint density at radius 3 is 2.82 bits per heavy atom. The maximum Gasteiger partial charge on any atom is 0.356 e. The molecule has 0 atom stereocenters. The first-order chi connectivity index (χ1) is 8.15. The van der Waals surface area contributed by atoms with E-state index in [1.807, 2.05) is 0 Å². The molecule has 0 radical (unpaired) electrons. The molecule has 0 aromatic carbocycles. The highest BCUT2D eigenvalue weighted by Crippen LogP contribution is 2.18. The number of carboxylic acids is 1. The highest BCUT2D eigenvalue weighted by atomic mass is 35.5. The van der Waals surface area contributed by atoms with Crippen molar-refractivity contribution in [1.29, 1.82) is 0 Å². The van der Waals surface area contributed by atoms with Crippen molar-refractivity contribution in [2.45, 2.75) is 32.6 Å². The number of unbranched alkanes of at least 4 members (excludes halogenated alkanes) is 3. The SMILES string of the molecule is CCCCCCOc1ccc(Cl)c(C(=O)O)n1. The first kappa shape index (κ1) is 13.8. The first-order valence-electron chi connectivity index (χ1n) is 5.67. The normalized spacial score (nSPS) is 10.2. The number of carboxylic acid groups (broad SMARTS) is 1. The van der Waals surface area contributed by atoms with E-state index in [1.165, 1.54) is 18.9 Å². The fraction of sp³-hybridized carbons (Fsp3) is 0.500. The van der Waals surface area contributed by atoms with Gasteiger partial charge in [-0.2, -0.15) is 0 Å². The highest BCUT2D eigenvalue weighted by Gasteiger charge is 2.11. The van der Waals surface area contributed by atoms with E-state index in [4.69, 9.17) is 21.4 Å². The Balaban J connectivity index is 2.49. The second-order valence-electron chi connectivity index (χ2n) is 3.69. The molecular formula is C12H16ClNO3. The average Bonchev–Trinajstić information content (AvgIpc) is 2.30. The molecule has 0 saturated carbocycles. The Bertz CT molecular complexity index is 382. The molecule has 5 heteroatoms. The van der Waals surface area contributed by atoms with E-state index in [9.17, 15) is 4.79 Å². The molecule has 1 aromatic heterocycles. The summed E-state index contributed by atoms with van der Waals surface area (Å²) in [6.07, 6.45) is 4.40. The summed E-state index contributed by atoms with van der Waals surface area (Å²) in [6.45, 7) is 2.69. The molecule has 0 aliphatic rings. The molecule has 0 spiro atoms. The molecule has 0 unspecified atom stereocenters. The number of nitrogens with zero attached hydrogens (tertiary/aromatic N) is 1. The van der Waals surface area contributed by atoms with Crippen molar-refractivity contribution in [1.82, 2.24) is 4.98 Å². The third-order valence-corrected chi connectivity index (χ3v) is 2.58. The van der Waals surface area contributed by atoms with Crippen molar-refractivity contribution in [2.75, 3.05) is 6.61 Å². The molecular weight excluding hydrogens is 242 g/mol. The number of ether oxygens (including phenoxy) is 1. The highest BCUT2D eigenvalue weighted by molar-refractivity contribution is 6.33. The van der Waals surface area contributed by atoms with E-state index in [0.29, 0.717) is 12.5 Å².